The third kappa shape index (κ3) is 4.70. The van der Waals surface area contributed by atoms with Gasteiger partial charge in [-0.2, -0.15) is 0 Å². The van der Waals surface area contributed by atoms with Crippen LogP contribution in [0.3, 0.4) is 0 Å². The maximum Gasteiger partial charge on any atom is 0.236 e. The third-order valence-corrected chi connectivity index (χ3v) is 8.42. The molecule has 0 aliphatic heterocycles. The molecule has 0 unspecified atom stereocenters. The van der Waals surface area contributed by atoms with Gasteiger partial charge in [0.15, 0.2) is 10.8 Å². The predicted molar refractivity (Wildman–Crippen MR) is 144 cm³/mol. The average molecular weight is 566 g/mol. The number of rotatable bonds is 6. The van der Waals surface area contributed by atoms with Crippen molar-refractivity contribution >= 4 is 72.1 Å². The molecule has 1 N–H and O–H groups in total. The lowest BCUT2D eigenvalue weighted by Crippen LogP contribution is -2.14. The number of nitrogens with one attached hydrogen (secondary N) is 1. The number of thiazole rings is 1. The molecule has 1 aliphatic rings. The number of fused-ring (bicyclic) bond motifs is 4. The average Bonchev–Trinajstić information content (AvgIpc) is 3.41. The minimum absolute atomic E-state index is 0.112. The van der Waals surface area contributed by atoms with Gasteiger partial charge >= 0.3 is 0 Å². The number of aryl methyl sites for hydroxylation is 2. The second kappa shape index (κ2) is 9.67. The number of anilines is 1. The van der Waals surface area contributed by atoms with Crippen LogP contribution in [-0.4, -0.2) is 36.4 Å². The van der Waals surface area contributed by atoms with Crippen LogP contribution in [-0.2, 0) is 24.2 Å². The molecule has 3 aromatic heterocycles. The van der Waals surface area contributed by atoms with E-state index < -0.39 is 0 Å². The Kier molecular flexibility index (Phi) is 6.26. The predicted octanol–water partition coefficient (Wildman–Crippen LogP) is 5.86. The van der Waals surface area contributed by atoms with Crippen LogP contribution in [0.25, 0.3) is 22.1 Å². The van der Waals surface area contributed by atoms with E-state index in [4.69, 9.17) is 4.98 Å². The van der Waals surface area contributed by atoms with Crippen molar-refractivity contribution in [2.75, 3.05) is 11.1 Å². The zero-order chi connectivity index (χ0) is 23.8. The SMILES string of the molecule is O=C(CSc1nnc2c3cc(Br)ccc3n(Cc3ccccc3)c2n1)Nc1nc2c(s1)CCCC2. The summed E-state index contributed by atoms with van der Waals surface area (Å²) in [5.41, 5.74) is 4.86. The molecule has 10 heteroatoms. The Balaban J connectivity index is 1.25. The Morgan fingerprint density at radius 1 is 1.09 bits per heavy atom. The zero-order valence-electron chi connectivity index (χ0n) is 18.7. The number of aromatic nitrogens is 5. The molecule has 176 valence electrons. The molecular weight excluding hydrogens is 544 g/mol. The quantitative estimate of drug-likeness (QED) is 0.260. The summed E-state index contributed by atoms with van der Waals surface area (Å²) >= 11 is 6.44. The highest BCUT2D eigenvalue weighted by Gasteiger charge is 2.18. The summed E-state index contributed by atoms with van der Waals surface area (Å²) in [4.78, 5) is 23.3. The maximum absolute atomic E-state index is 12.6. The van der Waals surface area contributed by atoms with Gasteiger partial charge in [-0.05, 0) is 49.4 Å². The van der Waals surface area contributed by atoms with Gasteiger partial charge in [0.25, 0.3) is 0 Å². The van der Waals surface area contributed by atoms with Crippen LogP contribution in [0.15, 0.2) is 58.2 Å². The number of carbonyl (C=O) groups is 1. The van der Waals surface area contributed by atoms with E-state index in [9.17, 15) is 4.79 Å². The summed E-state index contributed by atoms with van der Waals surface area (Å²) in [7, 11) is 0. The normalized spacial score (nSPS) is 13.3. The fourth-order valence-corrected chi connectivity index (χ4v) is 6.40. The minimum Gasteiger partial charge on any atom is -0.319 e. The number of carbonyl (C=O) groups excluding carboxylic acids is 1. The topological polar surface area (TPSA) is 85.6 Å². The summed E-state index contributed by atoms with van der Waals surface area (Å²) in [5, 5.41) is 13.9. The number of benzene rings is 2. The van der Waals surface area contributed by atoms with Gasteiger partial charge < -0.3 is 9.88 Å². The molecule has 0 spiro atoms. The van der Waals surface area contributed by atoms with Crippen molar-refractivity contribution < 1.29 is 4.79 Å². The minimum atomic E-state index is -0.112. The zero-order valence-corrected chi connectivity index (χ0v) is 21.9. The van der Waals surface area contributed by atoms with Crippen molar-refractivity contribution in [3.05, 3.63) is 69.1 Å². The highest BCUT2D eigenvalue weighted by molar-refractivity contribution is 9.10. The van der Waals surface area contributed by atoms with E-state index in [1.54, 1.807) is 11.3 Å². The highest BCUT2D eigenvalue weighted by atomic mass is 79.9. The van der Waals surface area contributed by atoms with Gasteiger partial charge in [0.2, 0.25) is 11.1 Å². The lowest BCUT2D eigenvalue weighted by atomic mass is 10.0. The second-order valence-corrected chi connectivity index (χ2v) is 11.4. The smallest absolute Gasteiger partial charge is 0.236 e. The van der Waals surface area contributed by atoms with Gasteiger partial charge in [0.05, 0.1) is 17.0 Å². The van der Waals surface area contributed by atoms with Crippen LogP contribution in [0.4, 0.5) is 5.13 Å². The largest absolute Gasteiger partial charge is 0.319 e. The van der Waals surface area contributed by atoms with Gasteiger partial charge in [-0.25, -0.2) is 9.97 Å². The second-order valence-electron chi connectivity index (χ2n) is 8.43. The molecule has 0 saturated carbocycles. The summed E-state index contributed by atoms with van der Waals surface area (Å²) in [5.74, 6) is 0.0839. The number of halogens is 1. The lowest BCUT2D eigenvalue weighted by molar-refractivity contribution is -0.113. The lowest BCUT2D eigenvalue weighted by Gasteiger charge is -2.07. The molecule has 6 rings (SSSR count). The Hall–Kier alpha value is -2.82. The summed E-state index contributed by atoms with van der Waals surface area (Å²) in [6, 6.07) is 16.4. The van der Waals surface area contributed by atoms with E-state index >= 15 is 0 Å². The van der Waals surface area contributed by atoms with Gasteiger partial charge in [-0.15, -0.1) is 21.5 Å². The van der Waals surface area contributed by atoms with Crippen LogP contribution in [0.5, 0.6) is 0 Å². The molecule has 3 heterocycles. The molecule has 1 aliphatic carbocycles. The fourth-order valence-electron chi connectivity index (χ4n) is 4.39. The number of hydrogen-bond acceptors (Lipinski definition) is 7. The van der Waals surface area contributed by atoms with Crippen LogP contribution >= 0.6 is 39.0 Å². The van der Waals surface area contributed by atoms with Crippen LogP contribution in [0.1, 0.15) is 29.0 Å². The molecule has 1 amide bonds. The van der Waals surface area contributed by atoms with Crippen molar-refractivity contribution in [2.24, 2.45) is 0 Å². The monoisotopic (exact) mass is 564 g/mol. The first-order chi connectivity index (χ1) is 17.1. The number of nitrogens with zero attached hydrogens (tertiary/aromatic N) is 5. The van der Waals surface area contributed by atoms with E-state index in [0.29, 0.717) is 16.8 Å². The number of thioether (sulfide) groups is 1. The molecule has 0 atom stereocenters. The number of amides is 1. The van der Waals surface area contributed by atoms with Crippen molar-refractivity contribution in [3.63, 3.8) is 0 Å². The fraction of sp³-hybridized carbons (Fsp3) is 0.240. The van der Waals surface area contributed by atoms with E-state index in [2.05, 4.69) is 59.2 Å². The molecule has 0 saturated heterocycles. The Morgan fingerprint density at radius 3 is 2.80 bits per heavy atom. The molecule has 35 heavy (non-hydrogen) atoms. The van der Waals surface area contributed by atoms with Crippen molar-refractivity contribution in [3.8, 4) is 0 Å². The molecule has 0 radical (unpaired) electrons. The molecular formula is C25H21BrN6OS2. The molecule has 0 fully saturated rings. The van der Waals surface area contributed by atoms with Crippen LogP contribution in [0, 0.1) is 0 Å². The molecule has 0 bridgehead atoms. The Labute approximate surface area is 218 Å². The van der Waals surface area contributed by atoms with Crippen molar-refractivity contribution in [2.45, 2.75) is 37.4 Å². The van der Waals surface area contributed by atoms with E-state index in [0.717, 1.165) is 45.1 Å². The molecule has 5 aromatic rings. The van der Waals surface area contributed by atoms with Crippen LogP contribution < -0.4 is 5.32 Å². The summed E-state index contributed by atoms with van der Waals surface area (Å²) in [6.07, 6.45) is 4.43. The summed E-state index contributed by atoms with van der Waals surface area (Å²) in [6.45, 7) is 0.667. The van der Waals surface area contributed by atoms with Crippen molar-refractivity contribution in [1.29, 1.82) is 0 Å². The van der Waals surface area contributed by atoms with Gasteiger partial charge in [-0.3, -0.25) is 4.79 Å². The van der Waals surface area contributed by atoms with E-state index in [-0.39, 0.29) is 11.7 Å². The van der Waals surface area contributed by atoms with Crippen molar-refractivity contribution in [1.82, 2.24) is 24.7 Å². The standard InChI is InChI=1S/C25H21BrN6OS2/c26-16-10-11-19-17(12-16)22-23(32(19)13-15-6-2-1-3-7-15)29-25(31-30-22)34-14-21(33)28-24-27-18-8-4-5-9-20(18)35-24/h1-3,6-7,10-12H,4-5,8-9,13-14H2,(H,27,28,33). The first-order valence-electron chi connectivity index (χ1n) is 11.4. The molecule has 2 aromatic carbocycles. The Morgan fingerprint density at radius 2 is 1.94 bits per heavy atom. The maximum atomic E-state index is 12.6. The Bertz CT molecular complexity index is 1520. The number of hydrogen-bond donors (Lipinski definition) is 1. The van der Waals surface area contributed by atoms with E-state index in [1.807, 2.05) is 30.3 Å². The summed E-state index contributed by atoms with van der Waals surface area (Å²) < 4.78 is 3.13. The van der Waals surface area contributed by atoms with Crippen LogP contribution in [0.2, 0.25) is 0 Å². The van der Waals surface area contributed by atoms with Gasteiger partial charge in [0.1, 0.15) is 5.52 Å². The highest BCUT2D eigenvalue weighted by Crippen LogP contribution is 2.31. The van der Waals surface area contributed by atoms with E-state index in [1.165, 1.54) is 35.0 Å². The van der Waals surface area contributed by atoms with Gasteiger partial charge in [0, 0.05) is 21.3 Å². The molecule has 7 nitrogen and oxygen atoms in total. The third-order valence-electron chi connectivity index (χ3n) is 6.02. The van der Waals surface area contributed by atoms with Gasteiger partial charge in [-0.1, -0.05) is 58.0 Å². The first-order valence-corrected chi connectivity index (χ1v) is 14.0. The first kappa shape index (κ1) is 22.6.